The summed E-state index contributed by atoms with van der Waals surface area (Å²) in [5, 5.41) is 2.04. The molecule has 3 rings (SSSR count). The molecule has 4 nitrogen and oxygen atoms in total. The topological polar surface area (TPSA) is 32.8 Å². The molecule has 1 aromatic heterocycles. The van der Waals surface area contributed by atoms with Crippen LogP contribution in [0.25, 0.3) is 0 Å². The molecule has 1 unspecified atom stereocenters. The standard InChI is InChI=1S/C18H28N2O2S/c1-15(2)19-8-9-22-14-18(12-19)6-4-7-20(13-18)17(21)11-16-5-3-10-23-16/h3,5,10,15H,4,6-9,11-14H2,1-2H3. The maximum absolute atomic E-state index is 12.7. The van der Waals surface area contributed by atoms with E-state index in [2.05, 4.69) is 29.7 Å². The van der Waals surface area contributed by atoms with E-state index in [0.29, 0.717) is 12.5 Å². The van der Waals surface area contributed by atoms with Crippen LogP contribution >= 0.6 is 11.3 Å². The molecule has 0 bridgehead atoms. The molecule has 0 radical (unpaired) electrons. The lowest BCUT2D eigenvalue weighted by atomic mass is 9.79. The van der Waals surface area contributed by atoms with Gasteiger partial charge in [0.25, 0.3) is 0 Å². The van der Waals surface area contributed by atoms with Crippen LogP contribution in [0, 0.1) is 5.41 Å². The van der Waals surface area contributed by atoms with Crippen LogP contribution in [-0.4, -0.2) is 61.1 Å². The largest absolute Gasteiger partial charge is 0.379 e. The molecule has 5 heteroatoms. The van der Waals surface area contributed by atoms with Gasteiger partial charge >= 0.3 is 0 Å². The first-order valence-electron chi connectivity index (χ1n) is 8.70. The van der Waals surface area contributed by atoms with Crippen molar-refractivity contribution in [3.63, 3.8) is 0 Å². The number of hydrogen-bond donors (Lipinski definition) is 0. The van der Waals surface area contributed by atoms with Crippen LogP contribution in [0.3, 0.4) is 0 Å². The van der Waals surface area contributed by atoms with Gasteiger partial charge in [-0.2, -0.15) is 0 Å². The van der Waals surface area contributed by atoms with E-state index in [1.54, 1.807) is 11.3 Å². The van der Waals surface area contributed by atoms with E-state index >= 15 is 0 Å². The Morgan fingerprint density at radius 1 is 1.39 bits per heavy atom. The molecule has 0 saturated carbocycles. The second-order valence-electron chi connectivity index (χ2n) is 7.29. The summed E-state index contributed by atoms with van der Waals surface area (Å²) in [7, 11) is 0. The van der Waals surface area contributed by atoms with Crippen molar-refractivity contribution in [1.82, 2.24) is 9.80 Å². The van der Waals surface area contributed by atoms with Gasteiger partial charge in [-0.1, -0.05) is 6.07 Å². The number of ether oxygens (including phenoxy) is 1. The van der Waals surface area contributed by atoms with Gasteiger partial charge in [-0.15, -0.1) is 11.3 Å². The Balaban J connectivity index is 1.67. The molecule has 128 valence electrons. The summed E-state index contributed by atoms with van der Waals surface area (Å²) in [6, 6.07) is 4.60. The minimum atomic E-state index is 0.115. The summed E-state index contributed by atoms with van der Waals surface area (Å²) in [4.78, 5) is 18.4. The molecular weight excluding hydrogens is 308 g/mol. The Labute approximate surface area is 143 Å². The Bertz CT molecular complexity index is 517. The van der Waals surface area contributed by atoms with E-state index in [9.17, 15) is 4.79 Å². The van der Waals surface area contributed by atoms with Gasteiger partial charge in [0.05, 0.1) is 19.6 Å². The quantitative estimate of drug-likeness (QED) is 0.851. The summed E-state index contributed by atoms with van der Waals surface area (Å²) in [6.07, 6.45) is 2.80. The van der Waals surface area contributed by atoms with Gasteiger partial charge in [0.1, 0.15) is 0 Å². The van der Waals surface area contributed by atoms with Crippen molar-refractivity contribution in [2.24, 2.45) is 5.41 Å². The average molecular weight is 337 g/mol. The number of likely N-dealkylation sites (tertiary alicyclic amines) is 1. The molecule has 1 amide bonds. The summed E-state index contributed by atoms with van der Waals surface area (Å²) < 4.78 is 5.92. The first-order valence-corrected chi connectivity index (χ1v) is 9.58. The third-order valence-corrected chi connectivity index (χ3v) is 6.00. The van der Waals surface area contributed by atoms with Gasteiger partial charge in [0.15, 0.2) is 0 Å². The van der Waals surface area contributed by atoms with E-state index in [-0.39, 0.29) is 11.3 Å². The lowest BCUT2D eigenvalue weighted by Crippen LogP contribution is -2.53. The fourth-order valence-corrected chi connectivity index (χ4v) is 4.50. The van der Waals surface area contributed by atoms with Crippen molar-refractivity contribution >= 4 is 17.2 Å². The molecule has 0 aliphatic carbocycles. The van der Waals surface area contributed by atoms with Crippen LogP contribution in [-0.2, 0) is 16.0 Å². The number of carbonyl (C=O) groups excluding carboxylic acids is 1. The maximum atomic E-state index is 12.7. The Kier molecular flexibility index (Phi) is 5.39. The first kappa shape index (κ1) is 16.9. The lowest BCUT2D eigenvalue weighted by molar-refractivity contribution is -0.135. The molecule has 3 heterocycles. The van der Waals surface area contributed by atoms with Gasteiger partial charge in [-0.25, -0.2) is 0 Å². The Morgan fingerprint density at radius 2 is 2.26 bits per heavy atom. The highest BCUT2D eigenvalue weighted by atomic mass is 32.1. The zero-order valence-electron chi connectivity index (χ0n) is 14.3. The van der Waals surface area contributed by atoms with Crippen LogP contribution in [0.4, 0.5) is 0 Å². The number of hydrogen-bond acceptors (Lipinski definition) is 4. The molecule has 2 saturated heterocycles. The van der Waals surface area contributed by atoms with Crippen molar-refractivity contribution in [3.8, 4) is 0 Å². The minimum Gasteiger partial charge on any atom is -0.379 e. The number of carbonyl (C=O) groups is 1. The van der Waals surface area contributed by atoms with Crippen molar-refractivity contribution in [2.75, 3.05) is 39.4 Å². The fraction of sp³-hybridized carbons (Fsp3) is 0.722. The molecule has 1 atom stereocenters. The van der Waals surface area contributed by atoms with Crippen LogP contribution in [0.15, 0.2) is 17.5 Å². The third-order valence-electron chi connectivity index (χ3n) is 5.12. The smallest absolute Gasteiger partial charge is 0.227 e. The van der Waals surface area contributed by atoms with E-state index < -0.39 is 0 Å². The summed E-state index contributed by atoms with van der Waals surface area (Å²) in [5.41, 5.74) is 0.115. The van der Waals surface area contributed by atoms with E-state index in [1.165, 1.54) is 6.42 Å². The predicted molar refractivity (Wildman–Crippen MR) is 93.8 cm³/mol. The highest BCUT2D eigenvalue weighted by Gasteiger charge is 2.40. The second kappa shape index (κ2) is 7.32. The van der Waals surface area contributed by atoms with Crippen molar-refractivity contribution in [2.45, 2.75) is 39.2 Å². The van der Waals surface area contributed by atoms with Crippen molar-refractivity contribution in [3.05, 3.63) is 22.4 Å². The first-order chi connectivity index (χ1) is 11.1. The zero-order chi connectivity index (χ0) is 16.3. The van der Waals surface area contributed by atoms with Crippen molar-refractivity contribution in [1.29, 1.82) is 0 Å². The number of thiophene rings is 1. The fourth-order valence-electron chi connectivity index (χ4n) is 3.81. The monoisotopic (exact) mass is 336 g/mol. The number of amides is 1. The lowest BCUT2D eigenvalue weighted by Gasteiger charge is -2.44. The molecular formula is C18H28N2O2S. The minimum absolute atomic E-state index is 0.115. The van der Waals surface area contributed by atoms with Crippen LogP contribution < -0.4 is 0 Å². The molecule has 1 aromatic rings. The number of rotatable bonds is 3. The van der Waals surface area contributed by atoms with E-state index in [4.69, 9.17) is 4.74 Å². The summed E-state index contributed by atoms with van der Waals surface area (Å²) >= 11 is 1.67. The molecule has 0 aromatic carbocycles. The zero-order valence-corrected chi connectivity index (χ0v) is 15.1. The molecule has 23 heavy (non-hydrogen) atoms. The van der Waals surface area contributed by atoms with Gasteiger partial charge in [0.2, 0.25) is 5.91 Å². The second-order valence-corrected chi connectivity index (χ2v) is 8.32. The third kappa shape index (κ3) is 4.14. The average Bonchev–Trinajstić information content (AvgIpc) is 2.95. The highest BCUT2D eigenvalue weighted by Crippen LogP contribution is 2.34. The summed E-state index contributed by atoms with van der Waals surface area (Å²) in [6.45, 7) is 9.90. The number of nitrogens with zero attached hydrogens (tertiary/aromatic N) is 2. The van der Waals surface area contributed by atoms with Crippen molar-refractivity contribution < 1.29 is 9.53 Å². The van der Waals surface area contributed by atoms with Crippen LogP contribution in [0.1, 0.15) is 31.6 Å². The van der Waals surface area contributed by atoms with E-state index in [0.717, 1.165) is 50.7 Å². The van der Waals surface area contributed by atoms with Gasteiger partial charge < -0.3 is 9.64 Å². The predicted octanol–water partition coefficient (Wildman–Crippen LogP) is 2.64. The highest BCUT2D eigenvalue weighted by molar-refractivity contribution is 7.10. The van der Waals surface area contributed by atoms with Gasteiger partial charge in [-0.3, -0.25) is 9.69 Å². The normalized spacial score (nSPS) is 26.7. The van der Waals surface area contributed by atoms with Gasteiger partial charge in [0, 0.05) is 42.5 Å². The molecule has 0 N–H and O–H groups in total. The Morgan fingerprint density at radius 3 is 3.00 bits per heavy atom. The van der Waals surface area contributed by atoms with E-state index in [1.807, 2.05) is 11.4 Å². The summed E-state index contributed by atoms with van der Waals surface area (Å²) in [5.74, 6) is 0.270. The van der Waals surface area contributed by atoms with Crippen LogP contribution in [0.2, 0.25) is 0 Å². The van der Waals surface area contributed by atoms with Gasteiger partial charge in [-0.05, 0) is 38.1 Å². The maximum Gasteiger partial charge on any atom is 0.227 e. The molecule has 2 fully saturated rings. The number of piperidine rings is 1. The molecule has 2 aliphatic rings. The molecule has 2 aliphatic heterocycles. The van der Waals surface area contributed by atoms with Crippen LogP contribution in [0.5, 0.6) is 0 Å². The molecule has 1 spiro atoms. The SMILES string of the molecule is CC(C)N1CCOCC2(CCCN(C(=O)Cc3cccs3)C2)C1. The Hall–Kier alpha value is -0.910.